The van der Waals surface area contributed by atoms with Gasteiger partial charge in [0.05, 0.1) is 18.4 Å². The molecule has 4 fully saturated rings. The third-order valence-corrected chi connectivity index (χ3v) is 6.93. The zero-order valence-corrected chi connectivity index (χ0v) is 17.2. The summed E-state index contributed by atoms with van der Waals surface area (Å²) in [5.41, 5.74) is 1.35. The molecule has 0 spiro atoms. The minimum atomic E-state index is -3.70. The lowest BCUT2D eigenvalue weighted by atomic mass is 9.70. The highest BCUT2D eigenvalue weighted by Crippen LogP contribution is 2.44. The van der Waals surface area contributed by atoms with E-state index < -0.39 is 28.1 Å². The van der Waals surface area contributed by atoms with Crippen LogP contribution in [0.5, 0.6) is 0 Å². The quantitative estimate of drug-likeness (QED) is 0.549. The lowest BCUT2D eigenvalue weighted by molar-refractivity contribution is -0.163. The molecule has 0 radical (unpaired) electrons. The fourth-order valence-corrected chi connectivity index (χ4v) is 5.87. The van der Waals surface area contributed by atoms with Crippen LogP contribution in [0.25, 0.3) is 10.9 Å². The van der Waals surface area contributed by atoms with Crippen LogP contribution in [0.4, 0.5) is 0 Å². The van der Waals surface area contributed by atoms with E-state index in [1.54, 1.807) is 6.20 Å². The molecule has 1 aromatic carbocycles. The second-order valence-electron chi connectivity index (χ2n) is 8.21. The van der Waals surface area contributed by atoms with Crippen molar-refractivity contribution in [1.29, 1.82) is 0 Å². The van der Waals surface area contributed by atoms with E-state index in [0.29, 0.717) is 31.4 Å². The van der Waals surface area contributed by atoms with Crippen LogP contribution in [0, 0.1) is 5.92 Å². The number of hydrogen-bond acceptors (Lipinski definition) is 7. The fraction of sp³-hybridized carbons (Fsp3) is 0.500. The molecule has 9 nitrogen and oxygen atoms in total. The van der Waals surface area contributed by atoms with Crippen LogP contribution in [0.3, 0.4) is 0 Å². The van der Waals surface area contributed by atoms with Gasteiger partial charge in [0.2, 0.25) is 0 Å². The molecule has 3 N–H and O–H groups in total. The van der Waals surface area contributed by atoms with Crippen LogP contribution in [-0.4, -0.2) is 72.6 Å². The molecular formula is C20H24N2O7S. The molecule has 162 valence electrons. The van der Waals surface area contributed by atoms with Crippen molar-refractivity contribution in [2.24, 2.45) is 5.92 Å². The Bertz CT molecular complexity index is 1100. The van der Waals surface area contributed by atoms with Crippen LogP contribution in [-0.2, 0) is 23.8 Å². The molecule has 0 aliphatic carbocycles. The number of esters is 1. The number of carbonyl (C=O) groups is 2. The molecule has 10 heteroatoms. The molecule has 2 aromatic rings. The van der Waals surface area contributed by atoms with Gasteiger partial charge in [-0.3, -0.25) is 13.9 Å². The molecular weight excluding hydrogens is 412 g/mol. The van der Waals surface area contributed by atoms with Crippen molar-refractivity contribution < 1.29 is 32.4 Å². The topological polar surface area (TPSA) is 137 Å². The number of nitrogens with zero attached hydrogens (tertiary/aromatic N) is 1. The Labute approximate surface area is 173 Å². The minimum absolute atomic E-state index is 0. The molecule has 6 rings (SSSR count). The van der Waals surface area contributed by atoms with Gasteiger partial charge in [0.1, 0.15) is 12.2 Å². The number of aromatic amines is 1. The standard InChI is InChI=1S/C20H22N2O6S.H2O/c1-29(25,26)28-19-14-7-11-6-12(8-17(19)22(11)10-18(14)23)27-20(24)15-9-21-16-5-3-2-4-13(15)16;/h2-5,9,11-12,14,17,19,21H,6-8,10H2,1H3;1H2. The number of carbonyl (C=O) groups excluding carboxylic acids is 2. The first-order valence-corrected chi connectivity index (χ1v) is 11.6. The van der Waals surface area contributed by atoms with Crippen LogP contribution in [0.15, 0.2) is 30.5 Å². The Hall–Kier alpha value is -2.27. The zero-order valence-electron chi connectivity index (χ0n) is 16.4. The van der Waals surface area contributed by atoms with Crippen LogP contribution < -0.4 is 0 Å². The molecule has 4 aliphatic rings. The van der Waals surface area contributed by atoms with Crippen LogP contribution in [0.2, 0.25) is 0 Å². The summed E-state index contributed by atoms with van der Waals surface area (Å²) in [5, 5.41) is 0.806. The summed E-state index contributed by atoms with van der Waals surface area (Å²) in [6, 6.07) is 7.36. The van der Waals surface area contributed by atoms with Gasteiger partial charge in [-0.1, -0.05) is 18.2 Å². The van der Waals surface area contributed by atoms with E-state index in [9.17, 15) is 18.0 Å². The van der Waals surface area contributed by atoms with Gasteiger partial charge < -0.3 is 15.2 Å². The number of ketones is 1. The van der Waals surface area contributed by atoms with Crippen molar-refractivity contribution in [3.05, 3.63) is 36.0 Å². The SMILES string of the molecule is CS(=O)(=O)OC1C2CC3CC(OC(=O)c4c[nH]c5ccccc45)CC1N3CC2=O.O. The second-order valence-corrected chi connectivity index (χ2v) is 9.81. The molecule has 4 bridgehead atoms. The molecule has 6 atom stereocenters. The van der Waals surface area contributed by atoms with E-state index in [0.717, 1.165) is 17.2 Å². The average molecular weight is 436 g/mol. The molecule has 4 saturated heterocycles. The highest BCUT2D eigenvalue weighted by atomic mass is 32.2. The summed E-state index contributed by atoms with van der Waals surface area (Å²) in [4.78, 5) is 30.2. The average Bonchev–Trinajstić information content (AvgIpc) is 3.08. The summed E-state index contributed by atoms with van der Waals surface area (Å²) >= 11 is 0. The van der Waals surface area contributed by atoms with Gasteiger partial charge in [-0.2, -0.15) is 8.42 Å². The van der Waals surface area contributed by atoms with Gasteiger partial charge in [0, 0.05) is 47.9 Å². The number of para-hydroxylation sites is 1. The first-order chi connectivity index (χ1) is 13.8. The number of benzene rings is 1. The van der Waals surface area contributed by atoms with Crippen LogP contribution in [0.1, 0.15) is 29.6 Å². The van der Waals surface area contributed by atoms with Crippen molar-refractivity contribution in [2.45, 2.75) is 43.6 Å². The number of piperidine rings is 4. The number of hydrogen-bond donors (Lipinski definition) is 1. The predicted octanol–water partition coefficient (Wildman–Crippen LogP) is 0.649. The van der Waals surface area contributed by atoms with E-state index in [1.165, 1.54) is 0 Å². The number of aromatic nitrogens is 1. The molecule has 1 aromatic heterocycles. The number of Topliss-reactive ketones (excluding diaryl/α,β-unsaturated/α-hetero) is 1. The number of ether oxygens (including phenoxy) is 1. The maximum absolute atomic E-state index is 12.8. The molecule has 30 heavy (non-hydrogen) atoms. The Morgan fingerprint density at radius 1 is 1.20 bits per heavy atom. The number of fused-ring (bicyclic) bond motifs is 2. The summed E-state index contributed by atoms with van der Waals surface area (Å²) in [7, 11) is -3.70. The monoisotopic (exact) mass is 436 g/mol. The van der Waals surface area contributed by atoms with Crippen LogP contribution >= 0.6 is 0 Å². The lowest BCUT2D eigenvalue weighted by Gasteiger charge is -2.57. The smallest absolute Gasteiger partial charge is 0.340 e. The summed E-state index contributed by atoms with van der Waals surface area (Å²) in [6.45, 7) is 0.312. The molecule has 6 unspecified atom stereocenters. The predicted molar refractivity (Wildman–Crippen MR) is 107 cm³/mol. The second kappa shape index (κ2) is 7.45. The largest absolute Gasteiger partial charge is 0.459 e. The van der Waals surface area contributed by atoms with E-state index in [4.69, 9.17) is 8.92 Å². The first kappa shape index (κ1) is 21.0. The van der Waals surface area contributed by atoms with E-state index >= 15 is 0 Å². The fourth-order valence-electron chi connectivity index (χ4n) is 5.20. The van der Waals surface area contributed by atoms with Crippen molar-refractivity contribution in [3.8, 4) is 0 Å². The van der Waals surface area contributed by atoms with Gasteiger partial charge in [-0.25, -0.2) is 4.79 Å². The summed E-state index contributed by atoms with van der Waals surface area (Å²) < 4.78 is 34.6. The maximum atomic E-state index is 12.8. The Morgan fingerprint density at radius 2 is 1.97 bits per heavy atom. The first-order valence-electron chi connectivity index (χ1n) is 9.74. The van der Waals surface area contributed by atoms with Gasteiger partial charge >= 0.3 is 5.97 Å². The zero-order chi connectivity index (χ0) is 20.3. The highest BCUT2D eigenvalue weighted by Gasteiger charge is 2.56. The van der Waals surface area contributed by atoms with E-state index in [1.807, 2.05) is 29.2 Å². The van der Waals surface area contributed by atoms with Crippen molar-refractivity contribution in [1.82, 2.24) is 9.88 Å². The van der Waals surface area contributed by atoms with E-state index in [-0.39, 0.29) is 29.4 Å². The van der Waals surface area contributed by atoms with Crippen molar-refractivity contribution in [2.75, 3.05) is 12.8 Å². The summed E-state index contributed by atoms with van der Waals surface area (Å²) in [6.07, 6.45) is 3.23. The maximum Gasteiger partial charge on any atom is 0.340 e. The number of rotatable bonds is 4. The van der Waals surface area contributed by atoms with Crippen molar-refractivity contribution in [3.63, 3.8) is 0 Å². The molecule has 0 amide bonds. The number of nitrogens with one attached hydrogen (secondary N) is 1. The Kier molecular flexibility index (Phi) is 5.21. The van der Waals surface area contributed by atoms with E-state index in [2.05, 4.69) is 4.98 Å². The molecule has 4 aliphatic heterocycles. The molecule has 5 heterocycles. The third kappa shape index (κ3) is 3.53. The van der Waals surface area contributed by atoms with Gasteiger partial charge in [0.25, 0.3) is 10.1 Å². The van der Waals surface area contributed by atoms with Gasteiger partial charge in [0.15, 0.2) is 5.78 Å². The molecule has 0 saturated carbocycles. The van der Waals surface area contributed by atoms with Crippen molar-refractivity contribution >= 4 is 32.8 Å². The van der Waals surface area contributed by atoms with Gasteiger partial charge in [-0.05, 0) is 12.5 Å². The normalized spacial score (nSPS) is 32.6. The van der Waals surface area contributed by atoms with Gasteiger partial charge in [-0.15, -0.1) is 0 Å². The third-order valence-electron chi connectivity index (χ3n) is 6.36. The number of H-pyrrole nitrogens is 1. The Balaban J connectivity index is 0.00000218. The highest BCUT2D eigenvalue weighted by molar-refractivity contribution is 7.86. The Morgan fingerprint density at radius 3 is 2.73 bits per heavy atom. The summed E-state index contributed by atoms with van der Waals surface area (Å²) in [5.74, 6) is -0.778. The lowest BCUT2D eigenvalue weighted by Crippen LogP contribution is -2.70. The minimum Gasteiger partial charge on any atom is -0.459 e.